The molecule has 32 heavy (non-hydrogen) atoms. The molecule has 174 valence electrons. The predicted octanol–water partition coefficient (Wildman–Crippen LogP) is 4.15. The molecular formula is C24H30ClFN2O4. The number of pyridine rings is 1. The smallest absolute Gasteiger partial charge is 0.311 e. The van der Waals surface area contributed by atoms with Gasteiger partial charge in [0.25, 0.3) is 0 Å². The zero-order chi connectivity index (χ0) is 23.1. The second kappa shape index (κ2) is 11.5. The van der Waals surface area contributed by atoms with Gasteiger partial charge in [-0.25, -0.2) is 9.37 Å². The molecule has 0 aliphatic carbocycles. The van der Waals surface area contributed by atoms with Crippen molar-refractivity contribution in [1.82, 2.24) is 4.98 Å². The van der Waals surface area contributed by atoms with Crippen molar-refractivity contribution in [2.24, 2.45) is 0 Å². The maximum Gasteiger partial charge on any atom is 0.311 e. The molecule has 2 atom stereocenters. The number of benzene rings is 1. The lowest BCUT2D eigenvalue weighted by atomic mass is 10.00. The highest BCUT2D eigenvalue weighted by Gasteiger charge is 2.31. The van der Waals surface area contributed by atoms with E-state index in [2.05, 4.69) is 11.8 Å². The Bertz CT molecular complexity index is 910. The van der Waals surface area contributed by atoms with Crippen LogP contribution in [0.2, 0.25) is 0 Å². The van der Waals surface area contributed by atoms with Gasteiger partial charge in [-0.3, -0.25) is 4.79 Å². The Kier molecular flexibility index (Phi) is 8.70. The number of nitrogens with zero attached hydrogens (tertiary/aromatic N) is 2. The Morgan fingerprint density at radius 2 is 2.09 bits per heavy atom. The number of methoxy groups -OCH3 is 2. The number of hydrogen-bond acceptors (Lipinski definition) is 6. The molecule has 2 aromatic rings. The molecule has 1 aromatic carbocycles. The molecule has 1 unspecified atom stereocenters. The number of fused-ring (bicyclic) bond motifs is 1. The Hall–Kier alpha value is -2.38. The fourth-order valence-electron chi connectivity index (χ4n) is 3.87. The number of carbonyl (C=O) groups excluding carboxylic acids is 1. The molecule has 1 aliphatic heterocycles. The van der Waals surface area contributed by atoms with Gasteiger partial charge in [0, 0.05) is 13.7 Å². The summed E-state index contributed by atoms with van der Waals surface area (Å²) in [6.07, 6.45) is 2.41. The molecule has 8 heteroatoms. The summed E-state index contributed by atoms with van der Waals surface area (Å²) in [5.41, 5.74) is 3.18. The van der Waals surface area contributed by atoms with Crippen molar-refractivity contribution in [3.8, 4) is 5.88 Å². The van der Waals surface area contributed by atoms with Crippen LogP contribution < -0.4 is 9.64 Å². The minimum Gasteiger partial charge on any atom is -0.474 e. The van der Waals surface area contributed by atoms with Crippen molar-refractivity contribution in [3.63, 3.8) is 0 Å². The van der Waals surface area contributed by atoms with Crippen LogP contribution in [0.3, 0.4) is 0 Å². The normalized spacial score (nSPS) is 16.3. The number of esters is 1. The van der Waals surface area contributed by atoms with E-state index in [1.165, 1.54) is 19.2 Å². The van der Waals surface area contributed by atoms with Crippen LogP contribution in [0.15, 0.2) is 30.3 Å². The van der Waals surface area contributed by atoms with Crippen molar-refractivity contribution >= 4 is 23.3 Å². The summed E-state index contributed by atoms with van der Waals surface area (Å²) in [6.45, 7) is 3.65. The van der Waals surface area contributed by atoms with Crippen LogP contribution in [0.1, 0.15) is 36.6 Å². The van der Waals surface area contributed by atoms with Crippen LogP contribution >= 0.6 is 11.6 Å². The van der Waals surface area contributed by atoms with E-state index in [1.807, 2.05) is 6.07 Å². The molecule has 0 N–H and O–H groups in total. The first-order chi connectivity index (χ1) is 15.4. The van der Waals surface area contributed by atoms with E-state index in [9.17, 15) is 9.18 Å². The summed E-state index contributed by atoms with van der Waals surface area (Å²) in [5.74, 6) is -0.205. The lowest BCUT2D eigenvalue weighted by molar-refractivity contribution is -0.139. The van der Waals surface area contributed by atoms with Gasteiger partial charge in [-0.2, -0.15) is 0 Å². The van der Waals surface area contributed by atoms with Crippen molar-refractivity contribution in [1.29, 1.82) is 0 Å². The van der Waals surface area contributed by atoms with E-state index in [0.717, 1.165) is 29.7 Å². The molecule has 0 fully saturated rings. The Morgan fingerprint density at radius 1 is 1.34 bits per heavy atom. The largest absolute Gasteiger partial charge is 0.474 e. The summed E-state index contributed by atoms with van der Waals surface area (Å²) in [6, 6.07) is 8.31. The van der Waals surface area contributed by atoms with Crippen molar-refractivity contribution in [3.05, 3.63) is 53.0 Å². The van der Waals surface area contributed by atoms with E-state index < -0.39 is 0 Å². The molecule has 0 amide bonds. The number of hydrogen-bond donors (Lipinski definition) is 0. The predicted molar refractivity (Wildman–Crippen MR) is 122 cm³/mol. The van der Waals surface area contributed by atoms with Gasteiger partial charge in [0.05, 0.1) is 37.3 Å². The summed E-state index contributed by atoms with van der Waals surface area (Å²) in [7, 11) is 3.01. The molecule has 0 bridgehead atoms. The number of halogens is 2. The van der Waals surface area contributed by atoms with Crippen LogP contribution in [0.4, 0.5) is 10.1 Å². The molecule has 0 saturated heterocycles. The summed E-state index contributed by atoms with van der Waals surface area (Å²) < 4.78 is 29.6. The van der Waals surface area contributed by atoms with Gasteiger partial charge >= 0.3 is 5.97 Å². The number of rotatable bonds is 10. The molecule has 3 rings (SSSR count). The zero-order valence-electron chi connectivity index (χ0n) is 18.8. The van der Waals surface area contributed by atoms with Gasteiger partial charge in [-0.1, -0.05) is 25.5 Å². The molecule has 2 heterocycles. The standard InChI is InChI=1S/C24H30ClFN2O4/c1-4-5-18(25)13-28-20(14-30-2)15-32-24-22(28)11-17(21(27-24)12-23(29)31-3)10-16-6-8-19(26)9-7-16/h6-9,11,18,20H,4-5,10,12-15H2,1-3H3/t18?,20-/m0/s1. The SMILES string of the molecule is CCCC(Cl)CN1c2cc(Cc3ccc(F)cc3)c(CC(=O)OC)nc2OC[C@@H]1COC. The molecule has 0 radical (unpaired) electrons. The monoisotopic (exact) mass is 464 g/mol. The lowest BCUT2D eigenvalue weighted by Gasteiger charge is -2.39. The maximum absolute atomic E-state index is 13.4. The highest BCUT2D eigenvalue weighted by Crippen LogP contribution is 2.36. The van der Waals surface area contributed by atoms with Crippen molar-refractivity contribution < 1.29 is 23.4 Å². The highest BCUT2D eigenvalue weighted by molar-refractivity contribution is 6.20. The summed E-state index contributed by atoms with van der Waals surface area (Å²) in [5, 5.41) is -0.0272. The van der Waals surface area contributed by atoms with E-state index in [1.54, 1.807) is 19.2 Å². The average molecular weight is 465 g/mol. The highest BCUT2D eigenvalue weighted by atomic mass is 35.5. The van der Waals surface area contributed by atoms with Gasteiger partial charge in [0.15, 0.2) is 0 Å². The average Bonchev–Trinajstić information content (AvgIpc) is 2.77. The topological polar surface area (TPSA) is 60.9 Å². The fraction of sp³-hybridized carbons (Fsp3) is 0.500. The van der Waals surface area contributed by atoms with Crippen molar-refractivity contribution in [2.75, 3.05) is 38.9 Å². The molecule has 6 nitrogen and oxygen atoms in total. The Morgan fingerprint density at radius 3 is 2.75 bits per heavy atom. The van der Waals surface area contributed by atoms with E-state index in [-0.39, 0.29) is 29.6 Å². The Balaban J connectivity index is 2.01. The second-order valence-corrected chi connectivity index (χ2v) is 8.55. The second-order valence-electron chi connectivity index (χ2n) is 7.93. The van der Waals surface area contributed by atoms with Gasteiger partial charge in [0.2, 0.25) is 5.88 Å². The lowest BCUT2D eigenvalue weighted by Crippen LogP contribution is -2.48. The summed E-state index contributed by atoms with van der Waals surface area (Å²) in [4.78, 5) is 18.9. The van der Waals surface area contributed by atoms with Crippen LogP contribution in [-0.2, 0) is 27.1 Å². The van der Waals surface area contributed by atoms with Crippen LogP contribution in [0, 0.1) is 5.82 Å². The first-order valence-corrected chi connectivity index (χ1v) is 11.2. The minimum absolute atomic E-state index is 0.00228. The number of carbonyl (C=O) groups is 1. The van der Waals surface area contributed by atoms with E-state index in [4.69, 9.17) is 30.8 Å². The number of alkyl halides is 1. The van der Waals surface area contributed by atoms with Crippen LogP contribution in [0.25, 0.3) is 0 Å². The zero-order valence-corrected chi connectivity index (χ0v) is 19.5. The molecular weight excluding hydrogens is 435 g/mol. The third kappa shape index (κ3) is 6.11. The third-order valence-corrected chi connectivity index (χ3v) is 5.86. The minimum atomic E-state index is -0.383. The quantitative estimate of drug-likeness (QED) is 0.389. The van der Waals surface area contributed by atoms with Crippen LogP contribution in [-0.4, -0.2) is 56.4 Å². The number of anilines is 1. The van der Waals surface area contributed by atoms with Gasteiger partial charge in [-0.15, -0.1) is 11.6 Å². The van der Waals surface area contributed by atoms with E-state index >= 15 is 0 Å². The maximum atomic E-state index is 13.4. The third-order valence-electron chi connectivity index (χ3n) is 5.50. The molecule has 0 spiro atoms. The molecule has 1 aliphatic rings. The molecule has 0 saturated carbocycles. The Labute approximate surface area is 193 Å². The first-order valence-electron chi connectivity index (χ1n) is 10.8. The van der Waals surface area contributed by atoms with Gasteiger partial charge < -0.3 is 19.1 Å². The fourth-order valence-corrected chi connectivity index (χ4v) is 4.24. The summed E-state index contributed by atoms with van der Waals surface area (Å²) >= 11 is 6.61. The number of aromatic nitrogens is 1. The number of ether oxygens (including phenoxy) is 3. The van der Waals surface area contributed by atoms with E-state index in [0.29, 0.717) is 37.8 Å². The van der Waals surface area contributed by atoms with Gasteiger partial charge in [0.1, 0.15) is 18.1 Å². The van der Waals surface area contributed by atoms with Crippen molar-refractivity contribution in [2.45, 2.75) is 44.0 Å². The molecule has 1 aromatic heterocycles. The first kappa shape index (κ1) is 24.3. The van der Waals surface area contributed by atoms with Crippen LogP contribution in [0.5, 0.6) is 5.88 Å². The van der Waals surface area contributed by atoms with Gasteiger partial charge in [-0.05, 0) is 42.2 Å².